The molecule has 2 heterocycles. The minimum atomic E-state index is -0.200. The summed E-state index contributed by atoms with van der Waals surface area (Å²) in [5.41, 5.74) is 5.60. The van der Waals surface area contributed by atoms with Gasteiger partial charge in [-0.1, -0.05) is 0 Å². The average Bonchev–Trinajstić information content (AvgIpc) is 2.86. The van der Waals surface area contributed by atoms with Crippen molar-refractivity contribution in [1.29, 1.82) is 0 Å². The molecule has 1 atom stereocenters. The molecule has 1 aromatic rings. The average molecular weight is 236 g/mol. The van der Waals surface area contributed by atoms with Crippen molar-refractivity contribution in [3.63, 3.8) is 0 Å². The highest BCUT2D eigenvalue weighted by molar-refractivity contribution is 5.80. The van der Waals surface area contributed by atoms with Crippen LogP contribution in [-0.2, 0) is 11.3 Å². The van der Waals surface area contributed by atoms with Crippen LogP contribution in [0.4, 0.5) is 0 Å². The molecule has 1 fully saturated rings. The molecule has 1 aromatic heterocycles. The first-order valence-electron chi connectivity index (χ1n) is 6.24. The van der Waals surface area contributed by atoms with Gasteiger partial charge in [-0.2, -0.15) is 0 Å². The Hall–Kier alpha value is -1.36. The molecule has 5 heteroatoms. The first-order chi connectivity index (χ1) is 8.24. The van der Waals surface area contributed by atoms with Gasteiger partial charge in [0.2, 0.25) is 5.91 Å². The number of nitrogens with two attached hydrogens (primary N) is 1. The number of piperidine rings is 1. The fourth-order valence-corrected chi connectivity index (χ4v) is 2.35. The summed E-state index contributed by atoms with van der Waals surface area (Å²) in [6.45, 7) is 4.05. The standard InChI is InChI=1S/C12H20N4O/c1-10(16-8-5-14-11(16)9-13)12(17)15-6-3-2-4-7-15/h5,8,10H,2-4,6-7,9,13H2,1H3. The van der Waals surface area contributed by atoms with Gasteiger partial charge in [-0.05, 0) is 26.2 Å². The van der Waals surface area contributed by atoms with E-state index in [0.717, 1.165) is 31.8 Å². The molecular formula is C12H20N4O. The van der Waals surface area contributed by atoms with Gasteiger partial charge >= 0.3 is 0 Å². The molecule has 94 valence electrons. The zero-order chi connectivity index (χ0) is 12.3. The van der Waals surface area contributed by atoms with Crippen molar-refractivity contribution in [2.45, 2.75) is 38.8 Å². The molecule has 1 unspecified atom stereocenters. The Labute approximate surface area is 102 Å². The number of rotatable bonds is 3. The third-order valence-corrected chi connectivity index (χ3v) is 3.37. The molecule has 1 amide bonds. The second-order valence-corrected chi connectivity index (χ2v) is 4.52. The van der Waals surface area contributed by atoms with E-state index in [1.165, 1.54) is 6.42 Å². The second kappa shape index (κ2) is 5.31. The Balaban J connectivity index is 2.08. The van der Waals surface area contributed by atoms with E-state index in [1.807, 2.05) is 22.6 Å². The normalized spacial score (nSPS) is 18.1. The largest absolute Gasteiger partial charge is 0.341 e. The molecule has 1 aliphatic rings. The van der Waals surface area contributed by atoms with E-state index in [1.54, 1.807) is 6.20 Å². The number of hydrogen-bond acceptors (Lipinski definition) is 3. The molecule has 2 N–H and O–H groups in total. The van der Waals surface area contributed by atoms with Crippen LogP contribution in [0, 0.1) is 0 Å². The lowest BCUT2D eigenvalue weighted by atomic mass is 10.1. The summed E-state index contributed by atoms with van der Waals surface area (Å²) in [7, 11) is 0. The first-order valence-corrected chi connectivity index (χ1v) is 6.24. The number of imidazole rings is 1. The topological polar surface area (TPSA) is 64.2 Å². The monoisotopic (exact) mass is 236 g/mol. The SMILES string of the molecule is CC(C(=O)N1CCCCC1)n1ccnc1CN. The van der Waals surface area contributed by atoms with Crippen LogP contribution in [0.5, 0.6) is 0 Å². The van der Waals surface area contributed by atoms with Gasteiger partial charge in [-0.15, -0.1) is 0 Å². The molecule has 17 heavy (non-hydrogen) atoms. The second-order valence-electron chi connectivity index (χ2n) is 4.52. The molecule has 0 aliphatic carbocycles. The number of amides is 1. The lowest BCUT2D eigenvalue weighted by Gasteiger charge is -2.30. The van der Waals surface area contributed by atoms with Gasteiger partial charge in [0.1, 0.15) is 11.9 Å². The smallest absolute Gasteiger partial charge is 0.245 e. The summed E-state index contributed by atoms with van der Waals surface area (Å²) in [5.74, 6) is 0.945. The number of nitrogens with zero attached hydrogens (tertiary/aromatic N) is 3. The summed E-state index contributed by atoms with van der Waals surface area (Å²) in [5, 5.41) is 0. The minimum Gasteiger partial charge on any atom is -0.341 e. The van der Waals surface area contributed by atoms with Gasteiger partial charge in [-0.3, -0.25) is 4.79 Å². The van der Waals surface area contributed by atoms with Crippen LogP contribution in [0.2, 0.25) is 0 Å². The zero-order valence-electron chi connectivity index (χ0n) is 10.3. The highest BCUT2D eigenvalue weighted by Gasteiger charge is 2.24. The molecule has 2 rings (SSSR count). The van der Waals surface area contributed by atoms with Crippen LogP contribution in [0.1, 0.15) is 38.1 Å². The minimum absolute atomic E-state index is 0.178. The maximum atomic E-state index is 12.3. The fourth-order valence-electron chi connectivity index (χ4n) is 2.35. The highest BCUT2D eigenvalue weighted by atomic mass is 16.2. The lowest BCUT2D eigenvalue weighted by molar-refractivity contribution is -0.135. The van der Waals surface area contributed by atoms with Crippen molar-refractivity contribution in [2.24, 2.45) is 5.73 Å². The molecule has 5 nitrogen and oxygen atoms in total. The van der Waals surface area contributed by atoms with Gasteiger partial charge in [0.25, 0.3) is 0 Å². The van der Waals surface area contributed by atoms with E-state index in [-0.39, 0.29) is 11.9 Å². The summed E-state index contributed by atoms with van der Waals surface area (Å²) >= 11 is 0. The van der Waals surface area contributed by atoms with E-state index in [2.05, 4.69) is 4.98 Å². The summed E-state index contributed by atoms with van der Waals surface area (Å²) in [6.07, 6.45) is 6.99. The molecule has 0 radical (unpaired) electrons. The summed E-state index contributed by atoms with van der Waals surface area (Å²) in [6, 6.07) is -0.200. The number of aromatic nitrogens is 2. The van der Waals surface area contributed by atoms with Crippen molar-refractivity contribution < 1.29 is 4.79 Å². The molecule has 0 bridgehead atoms. The van der Waals surface area contributed by atoms with E-state index in [4.69, 9.17) is 5.73 Å². The molecule has 0 aromatic carbocycles. The van der Waals surface area contributed by atoms with Crippen molar-refractivity contribution in [2.75, 3.05) is 13.1 Å². The fraction of sp³-hybridized carbons (Fsp3) is 0.667. The lowest BCUT2D eigenvalue weighted by Crippen LogP contribution is -2.40. The maximum Gasteiger partial charge on any atom is 0.245 e. The van der Waals surface area contributed by atoms with Crippen LogP contribution >= 0.6 is 0 Å². The van der Waals surface area contributed by atoms with E-state index in [0.29, 0.717) is 6.54 Å². The Bertz CT molecular complexity index is 382. The third kappa shape index (κ3) is 2.49. The van der Waals surface area contributed by atoms with Crippen LogP contribution in [-0.4, -0.2) is 33.4 Å². The Morgan fingerprint density at radius 2 is 2.18 bits per heavy atom. The number of hydrogen-bond donors (Lipinski definition) is 1. The number of likely N-dealkylation sites (tertiary alicyclic amines) is 1. The highest BCUT2D eigenvalue weighted by Crippen LogP contribution is 2.16. The summed E-state index contributed by atoms with van der Waals surface area (Å²) in [4.78, 5) is 18.4. The van der Waals surface area contributed by atoms with Gasteiger partial charge in [0.15, 0.2) is 0 Å². The third-order valence-electron chi connectivity index (χ3n) is 3.37. The van der Waals surface area contributed by atoms with Crippen molar-refractivity contribution in [3.05, 3.63) is 18.2 Å². The molecule has 0 saturated carbocycles. The van der Waals surface area contributed by atoms with Gasteiger partial charge < -0.3 is 15.2 Å². The van der Waals surface area contributed by atoms with Gasteiger partial charge in [0, 0.05) is 25.5 Å². The quantitative estimate of drug-likeness (QED) is 0.848. The van der Waals surface area contributed by atoms with Crippen LogP contribution in [0.25, 0.3) is 0 Å². The van der Waals surface area contributed by atoms with Crippen LogP contribution in [0.15, 0.2) is 12.4 Å². The van der Waals surface area contributed by atoms with Crippen molar-refractivity contribution in [1.82, 2.24) is 14.5 Å². The predicted octanol–water partition coefficient (Wildman–Crippen LogP) is 0.915. The summed E-state index contributed by atoms with van der Waals surface area (Å²) < 4.78 is 1.87. The van der Waals surface area contributed by atoms with Crippen LogP contribution in [0.3, 0.4) is 0 Å². The zero-order valence-corrected chi connectivity index (χ0v) is 10.3. The first kappa shape index (κ1) is 12.1. The van der Waals surface area contributed by atoms with Gasteiger partial charge in [0.05, 0.1) is 6.54 Å². The maximum absolute atomic E-state index is 12.3. The molecule has 1 aliphatic heterocycles. The molecule has 1 saturated heterocycles. The molecule has 0 spiro atoms. The van der Waals surface area contributed by atoms with E-state index < -0.39 is 0 Å². The van der Waals surface area contributed by atoms with Gasteiger partial charge in [-0.25, -0.2) is 4.98 Å². The van der Waals surface area contributed by atoms with Crippen molar-refractivity contribution >= 4 is 5.91 Å². The van der Waals surface area contributed by atoms with Crippen LogP contribution < -0.4 is 5.73 Å². The molecular weight excluding hydrogens is 216 g/mol. The Kier molecular flexibility index (Phi) is 3.78. The van der Waals surface area contributed by atoms with E-state index >= 15 is 0 Å². The Morgan fingerprint density at radius 3 is 2.82 bits per heavy atom. The Morgan fingerprint density at radius 1 is 1.47 bits per heavy atom. The number of carbonyl (C=O) groups is 1. The number of carbonyl (C=O) groups excluding carboxylic acids is 1. The predicted molar refractivity (Wildman–Crippen MR) is 65.3 cm³/mol. The van der Waals surface area contributed by atoms with E-state index in [9.17, 15) is 4.79 Å². The van der Waals surface area contributed by atoms with Crippen molar-refractivity contribution in [3.8, 4) is 0 Å².